The summed E-state index contributed by atoms with van der Waals surface area (Å²) in [6.45, 7) is 1.71. The van der Waals surface area contributed by atoms with Gasteiger partial charge in [-0.05, 0) is 25.7 Å². The summed E-state index contributed by atoms with van der Waals surface area (Å²) in [5.41, 5.74) is -4.45. The number of rotatable bonds is 9. The Bertz CT molecular complexity index is 1210. The maximum absolute atomic E-state index is 13.1. The summed E-state index contributed by atoms with van der Waals surface area (Å²) in [6, 6.07) is -0.834. The highest BCUT2D eigenvalue weighted by Gasteiger charge is 2.37. The van der Waals surface area contributed by atoms with Crippen LogP contribution in [-0.2, 0) is 27.2 Å². The van der Waals surface area contributed by atoms with Gasteiger partial charge in [0.2, 0.25) is 16.0 Å². The minimum Gasteiger partial charge on any atom is -0.378 e. The second kappa shape index (κ2) is 11.2. The molecule has 1 aliphatic rings. The minimum absolute atomic E-state index is 0.113. The number of aromatic nitrogens is 4. The van der Waals surface area contributed by atoms with Crippen molar-refractivity contribution in [3.8, 4) is 0 Å². The zero-order valence-electron chi connectivity index (χ0n) is 19.2. The summed E-state index contributed by atoms with van der Waals surface area (Å²) < 4.78 is 102. The quantitative estimate of drug-likeness (QED) is 0.311. The lowest BCUT2D eigenvalue weighted by Crippen LogP contribution is -2.39. The molecule has 11 nitrogen and oxygen atoms in total. The number of H-pyrrole nitrogens is 1. The van der Waals surface area contributed by atoms with Gasteiger partial charge in [-0.15, -0.1) is 0 Å². The number of halogens is 6. The van der Waals surface area contributed by atoms with E-state index in [2.05, 4.69) is 20.4 Å². The smallest absolute Gasteiger partial charge is 0.378 e. The average molecular weight is 559 g/mol. The summed E-state index contributed by atoms with van der Waals surface area (Å²) in [5.74, 6) is -0.465. The largest absolute Gasteiger partial charge is 0.423 e. The molecule has 2 aromatic rings. The first-order chi connectivity index (χ1) is 17.2. The highest BCUT2D eigenvalue weighted by atomic mass is 32.2. The molecule has 37 heavy (non-hydrogen) atoms. The Balaban J connectivity index is 1.45. The Morgan fingerprint density at radius 1 is 1.11 bits per heavy atom. The lowest BCUT2D eigenvalue weighted by Gasteiger charge is -2.31. The normalized spacial score (nSPS) is 16.6. The number of aromatic amines is 1. The molecule has 3 heterocycles. The van der Waals surface area contributed by atoms with Crippen LogP contribution in [0.25, 0.3) is 0 Å². The van der Waals surface area contributed by atoms with Gasteiger partial charge in [0.05, 0.1) is 29.8 Å². The molecular weight excluding hydrogens is 536 g/mol. The first-order valence-corrected chi connectivity index (χ1v) is 12.5. The third-order valence-corrected chi connectivity index (χ3v) is 6.66. The third kappa shape index (κ3) is 8.00. The predicted octanol–water partition coefficient (Wildman–Crippen LogP) is 2.17. The topological polar surface area (TPSA) is 142 Å². The Labute approximate surface area is 206 Å². The summed E-state index contributed by atoms with van der Waals surface area (Å²) >= 11 is 0. The molecule has 0 aromatic carbocycles. The number of alkyl halides is 6. The van der Waals surface area contributed by atoms with E-state index in [1.54, 1.807) is 10.00 Å². The van der Waals surface area contributed by atoms with E-state index in [4.69, 9.17) is 4.84 Å². The third-order valence-electron chi connectivity index (χ3n) is 5.38. The molecule has 0 radical (unpaired) electrons. The Morgan fingerprint density at radius 3 is 2.30 bits per heavy atom. The molecule has 1 fully saturated rings. The zero-order valence-corrected chi connectivity index (χ0v) is 20.0. The van der Waals surface area contributed by atoms with Gasteiger partial charge in [-0.2, -0.15) is 31.4 Å². The Kier molecular flexibility index (Phi) is 8.63. The van der Waals surface area contributed by atoms with E-state index < -0.39 is 50.8 Å². The molecule has 0 aliphatic carbocycles. The maximum Gasteiger partial charge on any atom is 0.423 e. The van der Waals surface area contributed by atoms with Crippen LogP contribution in [0.15, 0.2) is 23.4 Å². The van der Waals surface area contributed by atoms with E-state index in [0.717, 1.165) is 6.20 Å². The molecule has 0 spiro atoms. The minimum atomic E-state index is -4.94. The molecule has 2 aromatic heterocycles. The van der Waals surface area contributed by atoms with Gasteiger partial charge in [-0.25, -0.2) is 23.5 Å². The number of piperidine rings is 1. The molecule has 206 valence electrons. The first-order valence-electron chi connectivity index (χ1n) is 10.8. The number of anilines is 2. The van der Waals surface area contributed by atoms with E-state index in [1.807, 2.05) is 4.89 Å². The molecule has 1 saturated heterocycles. The molecule has 3 N–H and O–H groups in total. The number of nitrogens with one attached hydrogen (secondary N) is 3. The second-order valence-electron chi connectivity index (χ2n) is 8.41. The van der Waals surface area contributed by atoms with Crippen LogP contribution in [0.2, 0.25) is 0 Å². The fourth-order valence-corrected chi connectivity index (χ4v) is 4.89. The van der Waals surface area contributed by atoms with Gasteiger partial charge in [-0.3, -0.25) is 9.63 Å². The first kappa shape index (κ1) is 28.6. The summed E-state index contributed by atoms with van der Waals surface area (Å²) in [4.78, 5) is 27.5. The molecule has 0 bridgehead atoms. The van der Waals surface area contributed by atoms with Gasteiger partial charge in [0.15, 0.2) is 0 Å². The standard InChI is InChI=1S/C19H23F6N7O4S/c1-11(29-14-8-28-30-16(33)15(14)19(23,24)25)9-36-31-37(34,35)10-12-2-4-32(5-3-12)17-26-6-13(7-27-17)18(20,21)22/h6-8,11-12,31H,2-5,9-10H2,1H3,(H2,29,30,33). The van der Waals surface area contributed by atoms with Gasteiger partial charge >= 0.3 is 12.4 Å². The molecule has 0 saturated carbocycles. The highest BCUT2D eigenvalue weighted by Crippen LogP contribution is 2.32. The van der Waals surface area contributed by atoms with Crippen molar-refractivity contribution >= 4 is 21.7 Å². The van der Waals surface area contributed by atoms with E-state index in [1.165, 1.54) is 6.92 Å². The number of sulfonamides is 1. The monoisotopic (exact) mass is 559 g/mol. The van der Waals surface area contributed by atoms with Crippen LogP contribution in [0.4, 0.5) is 38.0 Å². The number of nitrogens with zero attached hydrogens (tertiary/aromatic N) is 4. The van der Waals surface area contributed by atoms with Crippen molar-refractivity contribution in [2.75, 3.05) is 35.7 Å². The van der Waals surface area contributed by atoms with Crippen molar-refractivity contribution in [3.05, 3.63) is 40.1 Å². The lowest BCUT2D eigenvalue weighted by atomic mass is 9.99. The van der Waals surface area contributed by atoms with Crippen LogP contribution in [0.1, 0.15) is 30.9 Å². The molecule has 1 aliphatic heterocycles. The summed E-state index contributed by atoms with van der Waals surface area (Å²) in [6.07, 6.45) is -6.52. The molecule has 1 unspecified atom stereocenters. The lowest BCUT2D eigenvalue weighted by molar-refractivity contribution is -0.139. The maximum atomic E-state index is 13.1. The van der Waals surface area contributed by atoms with Crippen LogP contribution in [-0.4, -0.2) is 60.1 Å². The van der Waals surface area contributed by atoms with Crippen LogP contribution < -0.4 is 20.7 Å². The van der Waals surface area contributed by atoms with Gasteiger partial charge < -0.3 is 10.2 Å². The number of hydrogen-bond acceptors (Lipinski definition) is 9. The zero-order chi connectivity index (χ0) is 27.4. The highest BCUT2D eigenvalue weighted by molar-refractivity contribution is 7.89. The van der Waals surface area contributed by atoms with Crippen LogP contribution in [0.5, 0.6) is 0 Å². The van der Waals surface area contributed by atoms with Crippen LogP contribution >= 0.6 is 0 Å². The van der Waals surface area contributed by atoms with Gasteiger partial charge in [-0.1, -0.05) is 4.89 Å². The van der Waals surface area contributed by atoms with Gasteiger partial charge in [0, 0.05) is 31.5 Å². The van der Waals surface area contributed by atoms with Crippen molar-refractivity contribution in [2.45, 2.75) is 38.2 Å². The van der Waals surface area contributed by atoms with E-state index in [0.29, 0.717) is 38.3 Å². The molecular formula is C19H23F6N7O4S. The molecule has 18 heteroatoms. The molecule has 3 rings (SSSR count). The predicted molar refractivity (Wildman–Crippen MR) is 118 cm³/mol. The molecule has 0 amide bonds. The average Bonchev–Trinajstić information content (AvgIpc) is 2.78. The molecule has 1 atom stereocenters. The Morgan fingerprint density at radius 2 is 1.73 bits per heavy atom. The van der Waals surface area contributed by atoms with E-state index in [-0.39, 0.29) is 24.2 Å². The summed E-state index contributed by atoms with van der Waals surface area (Å²) in [5, 5.41) is 7.44. The van der Waals surface area contributed by atoms with Crippen LogP contribution in [0.3, 0.4) is 0 Å². The van der Waals surface area contributed by atoms with Crippen molar-refractivity contribution in [2.24, 2.45) is 5.92 Å². The van der Waals surface area contributed by atoms with E-state index in [9.17, 15) is 39.6 Å². The fourth-order valence-electron chi connectivity index (χ4n) is 3.62. The van der Waals surface area contributed by atoms with Crippen molar-refractivity contribution < 1.29 is 39.6 Å². The second-order valence-corrected chi connectivity index (χ2v) is 10.1. The summed E-state index contributed by atoms with van der Waals surface area (Å²) in [7, 11) is -3.91. The van der Waals surface area contributed by atoms with E-state index >= 15 is 0 Å². The van der Waals surface area contributed by atoms with Crippen molar-refractivity contribution in [1.29, 1.82) is 0 Å². The van der Waals surface area contributed by atoms with Crippen molar-refractivity contribution in [1.82, 2.24) is 25.1 Å². The Hall–Kier alpha value is -2.99. The number of hydrogen-bond donors (Lipinski definition) is 3. The SMILES string of the molecule is CC(CONS(=O)(=O)CC1CCN(c2ncc(C(F)(F)F)cn2)CC1)Nc1cn[nH]c(=O)c1C(F)(F)F. The van der Waals surface area contributed by atoms with Gasteiger partial charge in [0.25, 0.3) is 5.56 Å². The van der Waals surface area contributed by atoms with Crippen molar-refractivity contribution in [3.63, 3.8) is 0 Å². The van der Waals surface area contributed by atoms with Gasteiger partial charge in [0.1, 0.15) is 5.56 Å². The fraction of sp³-hybridized carbons (Fsp3) is 0.579. The van der Waals surface area contributed by atoms with Crippen LogP contribution in [0, 0.1) is 5.92 Å².